The molecule has 3 aromatic rings. The van der Waals surface area contributed by atoms with Crippen molar-refractivity contribution in [3.8, 4) is 11.4 Å². The van der Waals surface area contributed by atoms with Crippen molar-refractivity contribution in [2.75, 3.05) is 0 Å². The van der Waals surface area contributed by atoms with Crippen molar-refractivity contribution in [3.63, 3.8) is 0 Å². The fraction of sp³-hybridized carbons (Fsp3) is 0.467. The third-order valence-electron chi connectivity index (χ3n) is 4.18. The Morgan fingerprint density at radius 3 is 3.09 bits per heavy atom. The van der Waals surface area contributed by atoms with E-state index in [0.717, 1.165) is 48.5 Å². The predicted octanol–water partition coefficient (Wildman–Crippen LogP) is 2.72. The van der Waals surface area contributed by atoms with E-state index in [9.17, 15) is 0 Å². The Morgan fingerprint density at radius 1 is 1.32 bits per heavy atom. The van der Waals surface area contributed by atoms with Gasteiger partial charge in [-0.15, -0.1) is 0 Å². The molecule has 0 fully saturated rings. The highest BCUT2D eigenvalue weighted by Gasteiger charge is 2.28. The summed E-state index contributed by atoms with van der Waals surface area (Å²) in [5.74, 6) is 2.97. The first-order valence-electron chi connectivity index (χ1n) is 7.58. The number of fused-ring (bicyclic) bond motifs is 1. The van der Waals surface area contributed by atoms with Crippen LogP contribution in [0.1, 0.15) is 49.0 Å². The van der Waals surface area contributed by atoms with Crippen LogP contribution in [0.2, 0.25) is 0 Å². The molecule has 4 heterocycles. The molecular formula is C15H17N5O2. The van der Waals surface area contributed by atoms with Crippen molar-refractivity contribution in [2.45, 2.75) is 45.6 Å². The van der Waals surface area contributed by atoms with Crippen LogP contribution in [-0.4, -0.2) is 24.8 Å². The highest BCUT2D eigenvalue weighted by atomic mass is 16.5. The van der Waals surface area contributed by atoms with E-state index >= 15 is 0 Å². The molecule has 1 aliphatic heterocycles. The third-order valence-corrected chi connectivity index (χ3v) is 4.18. The number of aryl methyl sites for hydroxylation is 3. The summed E-state index contributed by atoms with van der Waals surface area (Å²) in [5.41, 5.74) is 1.70. The Labute approximate surface area is 127 Å². The highest BCUT2D eigenvalue weighted by Crippen LogP contribution is 2.31. The maximum atomic E-state index is 5.53. The zero-order valence-electron chi connectivity index (χ0n) is 12.6. The summed E-state index contributed by atoms with van der Waals surface area (Å²) >= 11 is 0. The van der Waals surface area contributed by atoms with E-state index in [1.165, 1.54) is 0 Å². The molecule has 0 radical (unpaired) electrons. The molecule has 1 atom stereocenters. The first-order valence-corrected chi connectivity index (χ1v) is 7.58. The van der Waals surface area contributed by atoms with Gasteiger partial charge in [-0.05, 0) is 26.2 Å². The van der Waals surface area contributed by atoms with Crippen LogP contribution < -0.4 is 0 Å². The molecule has 1 unspecified atom stereocenters. The minimum Gasteiger partial charge on any atom is -0.361 e. The Morgan fingerprint density at radius 2 is 2.23 bits per heavy atom. The number of nitrogens with zero attached hydrogens (tertiary/aromatic N) is 5. The fourth-order valence-corrected chi connectivity index (χ4v) is 3.07. The van der Waals surface area contributed by atoms with Crippen molar-refractivity contribution < 1.29 is 9.05 Å². The van der Waals surface area contributed by atoms with Gasteiger partial charge in [0.15, 0.2) is 0 Å². The SMILES string of the molecule is CCc1noc(C)c1-c1noc(C2CCCc3nccn32)n1. The van der Waals surface area contributed by atoms with Gasteiger partial charge < -0.3 is 13.6 Å². The van der Waals surface area contributed by atoms with Crippen LogP contribution in [0.15, 0.2) is 21.4 Å². The lowest BCUT2D eigenvalue weighted by molar-refractivity contribution is 0.309. The maximum Gasteiger partial charge on any atom is 0.250 e. The standard InChI is InChI=1S/C15H17N5O2/c1-3-10-13(9(2)21-18-10)14-17-15(22-19-14)11-5-4-6-12-16-7-8-20(11)12/h7-8,11H,3-6H2,1-2H3. The normalized spacial score (nSPS) is 17.6. The summed E-state index contributed by atoms with van der Waals surface area (Å²) < 4.78 is 12.9. The number of hydrogen-bond acceptors (Lipinski definition) is 6. The molecule has 0 saturated carbocycles. The van der Waals surface area contributed by atoms with E-state index in [4.69, 9.17) is 9.05 Å². The molecule has 0 aliphatic carbocycles. The van der Waals surface area contributed by atoms with Crippen molar-refractivity contribution >= 4 is 0 Å². The summed E-state index contributed by atoms with van der Waals surface area (Å²) in [6.07, 6.45) is 7.62. The van der Waals surface area contributed by atoms with Gasteiger partial charge in [-0.3, -0.25) is 0 Å². The molecular weight excluding hydrogens is 282 g/mol. The molecule has 7 nitrogen and oxygen atoms in total. The van der Waals surface area contributed by atoms with Crippen molar-refractivity contribution in [1.29, 1.82) is 0 Å². The van der Waals surface area contributed by atoms with E-state index in [1.54, 1.807) is 0 Å². The van der Waals surface area contributed by atoms with Crippen LogP contribution in [0.5, 0.6) is 0 Å². The summed E-state index contributed by atoms with van der Waals surface area (Å²) in [7, 11) is 0. The van der Waals surface area contributed by atoms with Crippen molar-refractivity contribution in [1.82, 2.24) is 24.8 Å². The van der Waals surface area contributed by atoms with Crippen LogP contribution in [0.3, 0.4) is 0 Å². The lowest BCUT2D eigenvalue weighted by Crippen LogP contribution is -2.18. The summed E-state index contributed by atoms with van der Waals surface area (Å²) in [4.78, 5) is 8.98. The van der Waals surface area contributed by atoms with Gasteiger partial charge in [0.25, 0.3) is 0 Å². The number of aromatic nitrogens is 5. The van der Waals surface area contributed by atoms with Crippen LogP contribution in [0.25, 0.3) is 11.4 Å². The minimum absolute atomic E-state index is 0.0674. The van der Waals surface area contributed by atoms with Gasteiger partial charge in [-0.25, -0.2) is 4.98 Å². The summed E-state index contributed by atoms with van der Waals surface area (Å²) in [5, 5.41) is 8.19. The van der Waals surface area contributed by atoms with E-state index in [2.05, 4.69) is 24.8 Å². The molecule has 0 spiro atoms. The molecule has 0 N–H and O–H groups in total. The van der Waals surface area contributed by atoms with Gasteiger partial charge in [0.1, 0.15) is 17.6 Å². The van der Waals surface area contributed by atoms with Crippen LogP contribution >= 0.6 is 0 Å². The molecule has 4 rings (SSSR count). The number of imidazole rings is 1. The van der Waals surface area contributed by atoms with Gasteiger partial charge in [0, 0.05) is 18.8 Å². The fourth-order valence-electron chi connectivity index (χ4n) is 3.07. The molecule has 0 saturated heterocycles. The first kappa shape index (κ1) is 13.2. The van der Waals surface area contributed by atoms with Gasteiger partial charge in [-0.2, -0.15) is 4.98 Å². The number of hydrogen-bond donors (Lipinski definition) is 0. The van der Waals surface area contributed by atoms with Crippen LogP contribution in [0.4, 0.5) is 0 Å². The minimum atomic E-state index is 0.0674. The Hall–Kier alpha value is -2.44. The molecule has 7 heteroatoms. The average Bonchev–Trinajstić information content (AvgIpc) is 3.25. The maximum absolute atomic E-state index is 5.53. The summed E-state index contributed by atoms with van der Waals surface area (Å²) in [6, 6.07) is 0.0674. The molecule has 0 amide bonds. The largest absolute Gasteiger partial charge is 0.361 e. The molecule has 22 heavy (non-hydrogen) atoms. The predicted molar refractivity (Wildman–Crippen MR) is 77.2 cm³/mol. The quantitative estimate of drug-likeness (QED) is 0.739. The second-order valence-corrected chi connectivity index (χ2v) is 5.53. The van der Waals surface area contributed by atoms with Gasteiger partial charge in [0.2, 0.25) is 11.7 Å². The molecule has 114 valence electrons. The zero-order chi connectivity index (χ0) is 15.1. The molecule has 0 aromatic carbocycles. The van der Waals surface area contributed by atoms with E-state index in [1.807, 2.05) is 26.2 Å². The molecule has 1 aliphatic rings. The third kappa shape index (κ3) is 1.96. The molecule has 3 aromatic heterocycles. The highest BCUT2D eigenvalue weighted by molar-refractivity contribution is 5.59. The van der Waals surface area contributed by atoms with Gasteiger partial charge in [0.05, 0.1) is 11.3 Å². The van der Waals surface area contributed by atoms with E-state index in [0.29, 0.717) is 11.7 Å². The van der Waals surface area contributed by atoms with Gasteiger partial charge >= 0.3 is 0 Å². The summed E-state index contributed by atoms with van der Waals surface area (Å²) in [6.45, 7) is 3.90. The monoisotopic (exact) mass is 299 g/mol. The van der Waals surface area contributed by atoms with E-state index in [-0.39, 0.29) is 6.04 Å². The van der Waals surface area contributed by atoms with E-state index < -0.39 is 0 Å². The Balaban J connectivity index is 1.73. The topological polar surface area (TPSA) is 82.8 Å². The average molecular weight is 299 g/mol. The first-order chi connectivity index (χ1) is 10.8. The van der Waals surface area contributed by atoms with Crippen LogP contribution in [0, 0.1) is 6.92 Å². The number of rotatable bonds is 3. The van der Waals surface area contributed by atoms with Gasteiger partial charge in [-0.1, -0.05) is 17.2 Å². The lowest BCUT2D eigenvalue weighted by Gasteiger charge is -2.21. The smallest absolute Gasteiger partial charge is 0.250 e. The second-order valence-electron chi connectivity index (χ2n) is 5.53. The van der Waals surface area contributed by atoms with Crippen LogP contribution in [-0.2, 0) is 12.8 Å². The van der Waals surface area contributed by atoms with Crippen molar-refractivity contribution in [3.05, 3.63) is 35.6 Å². The molecule has 0 bridgehead atoms. The Bertz CT molecular complexity index is 801. The zero-order valence-corrected chi connectivity index (χ0v) is 12.6. The lowest BCUT2D eigenvalue weighted by atomic mass is 10.0. The van der Waals surface area contributed by atoms with Crippen molar-refractivity contribution in [2.24, 2.45) is 0 Å². The second kappa shape index (κ2) is 5.08. The Kier molecular flexibility index (Phi) is 3.06.